The molecule has 1 saturated heterocycles. The molecule has 1 aliphatic carbocycles. The highest BCUT2D eigenvalue weighted by Crippen LogP contribution is 2.41. The summed E-state index contributed by atoms with van der Waals surface area (Å²) in [5.41, 5.74) is -1.12. The van der Waals surface area contributed by atoms with Crippen molar-refractivity contribution in [1.29, 1.82) is 0 Å². The highest BCUT2D eigenvalue weighted by Gasteiger charge is 2.53. The van der Waals surface area contributed by atoms with Gasteiger partial charge >= 0.3 is 0 Å². The fourth-order valence-corrected chi connectivity index (χ4v) is 3.86. The van der Waals surface area contributed by atoms with E-state index in [1.54, 1.807) is 7.05 Å². The number of carbonyl (C=O) groups is 2. The normalized spacial score (nSPS) is 21.8. The molecule has 3 rings (SSSR count). The van der Waals surface area contributed by atoms with E-state index in [1.165, 1.54) is 9.80 Å². The van der Waals surface area contributed by atoms with Crippen LogP contribution in [0.15, 0.2) is 18.2 Å². The molecule has 5 nitrogen and oxygen atoms in total. The molecule has 1 aliphatic heterocycles. The number of ether oxygens (including phenoxy) is 1. The number of carbonyl (C=O) groups excluding carboxylic acids is 2. The molecular formula is C19H24F2N2O3. The van der Waals surface area contributed by atoms with Crippen molar-refractivity contribution in [3.8, 4) is 0 Å². The molecule has 1 aromatic carbocycles. The number of benzene rings is 1. The molecular weight excluding hydrogens is 342 g/mol. The van der Waals surface area contributed by atoms with E-state index in [-0.39, 0.29) is 18.1 Å². The number of halogens is 2. The Balaban J connectivity index is 2.00. The van der Waals surface area contributed by atoms with Crippen LogP contribution in [0.1, 0.15) is 49.4 Å². The molecule has 1 heterocycles. The van der Waals surface area contributed by atoms with E-state index in [1.807, 2.05) is 6.92 Å². The summed E-state index contributed by atoms with van der Waals surface area (Å²) in [6.45, 7) is 2.43. The van der Waals surface area contributed by atoms with Gasteiger partial charge in [0.15, 0.2) is 0 Å². The summed E-state index contributed by atoms with van der Waals surface area (Å²) in [7, 11) is 1.66. The van der Waals surface area contributed by atoms with E-state index < -0.39 is 29.3 Å². The van der Waals surface area contributed by atoms with Gasteiger partial charge in [-0.2, -0.15) is 0 Å². The van der Waals surface area contributed by atoms with Gasteiger partial charge in [0.2, 0.25) is 5.91 Å². The predicted octanol–water partition coefficient (Wildman–Crippen LogP) is 2.94. The summed E-state index contributed by atoms with van der Waals surface area (Å²) in [4.78, 5) is 28.9. The molecule has 26 heavy (non-hydrogen) atoms. The van der Waals surface area contributed by atoms with Crippen LogP contribution in [0.25, 0.3) is 0 Å². The fourth-order valence-electron chi connectivity index (χ4n) is 3.86. The van der Waals surface area contributed by atoms with Gasteiger partial charge in [0.1, 0.15) is 23.4 Å². The van der Waals surface area contributed by atoms with E-state index in [2.05, 4.69) is 0 Å². The van der Waals surface area contributed by atoms with Crippen molar-refractivity contribution >= 4 is 11.8 Å². The van der Waals surface area contributed by atoms with Crippen molar-refractivity contribution in [2.75, 3.05) is 20.2 Å². The first-order valence-corrected chi connectivity index (χ1v) is 9.07. The first-order valence-electron chi connectivity index (χ1n) is 9.07. The van der Waals surface area contributed by atoms with E-state index in [0.29, 0.717) is 25.5 Å². The SMILES string of the molecule is CCN(C)C(=O)C1COC2(CCCCC2)N1C(=O)c1ccc(F)cc1F. The monoisotopic (exact) mass is 366 g/mol. The third-order valence-electron chi connectivity index (χ3n) is 5.41. The maximum atomic E-state index is 14.2. The number of likely N-dealkylation sites (N-methyl/N-ethyl adjacent to an activating group) is 1. The largest absolute Gasteiger partial charge is 0.353 e. The smallest absolute Gasteiger partial charge is 0.259 e. The number of hydrogen-bond donors (Lipinski definition) is 0. The van der Waals surface area contributed by atoms with E-state index in [9.17, 15) is 18.4 Å². The topological polar surface area (TPSA) is 49.9 Å². The number of nitrogens with zero attached hydrogens (tertiary/aromatic N) is 2. The first-order chi connectivity index (χ1) is 12.4. The summed E-state index contributed by atoms with van der Waals surface area (Å²) in [5.74, 6) is -2.53. The Morgan fingerprint density at radius 1 is 1.27 bits per heavy atom. The summed E-state index contributed by atoms with van der Waals surface area (Å²) in [6.07, 6.45) is 4.01. The summed E-state index contributed by atoms with van der Waals surface area (Å²) >= 11 is 0. The zero-order valence-electron chi connectivity index (χ0n) is 15.1. The highest BCUT2D eigenvalue weighted by molar-refractivity contribution is 5.98. The van der Waals surface area contributed by atoms with Gasteiger partial charge in [-0.25, -0.2) is 8.78 Å². The third kappa shape index (κ3) is 3.20. The molecule has 1 aromatic rings. The van der Waals surface area contributed by atoms with Crippen LogP contribution in [0.2, 0.25) is 0 Å². The zero-order chi connectivity index (χ0) is 18.9. The lowest BCUT2D eigenvalue weighted by Gasteiger charge is -2.42. The predicted molar refractivity (Wildman–Crippen MR) is 91.4 cm³/mol. The molecule has 1 spiro atoms. The molecule has 2 amide bonds. The molecule has 0 N–H and O–H groups in total. The van der Waals surface area contributed by atoms with Gasteiger partial charge in [-0.15, -0.1) is 0 Å². The van der Waals surface area contributed by atoms with E-state index in [0.717, 1.165) is 31.4 Å². The van der Waals surface area contributed by atoms with Crippen LogP contribution in [0.5, 0.6) is 0 Å². The Morgan fingerprint density at radius 3 is 2.58 bits per heavy atom. The Kier molecular flexibility index (Phi) is 5.27. The third-order valence-corrected chi connectivity index (χ3v) is 5.41. The molecule has 2 fully saturated rings. The Bertz CT molecular complexity index is 704. The van der Waals surface area contributed by atoms with Crippen molar-refractivity contribution in [3.05, 3.63) is 35.4 Å². The zero-order valence-corrected chi connectivity index (χ0v) is 15.1. The second kappa shape index (κ2) is 7.31. The van der Waals surface area contributed by atoms with Crippen LogP contribution < -0.4 is 0 Å². The molecule has 0 radical (unpaired) electrons. The molecule has 1 unspecified atom stereocenters. The molecule has 0 bridgehead atoms. The number of rotatable bonds is 3. The number of amides is 2. The molecule has 142 valence electrons. The average Bonchev–Trinajstić information content (AvgIpc) is 2.98. The Labute approximate surface area is 151 Å². The highest BCUT2D eigenvalue weighted by atomic mass is 19.1. The second-order valence-electron chi connectivity index (χ2n) is 6.99. The minimum atomic E-state index is -0.928. The van der Waals surface area contributed by atoms with Gasteiger partial charge in [-0.1, -0.05) is 6.42 Å². The molecule has 1 saturated carbocycles. The van der Waals surface area contributed by atoms with Crippen LogP contribution in [0, 0.1) is 11.6 Å². The van der Waals surface area contributed by atoms with Gasteiger partial charge in [0, 0.05) is 19.7 Å². The summed E-state index contributed by atoms with van der Waals surface area (Å²) in [5, 5.41) is 0. The van der Waals surface area contributed by atoms with Gasteiger partial charge in [0.05, 0.1) is 12.2 Å². The van der Waals surface area contributed by atoms with Crippen molar-refractivity contribution in [2.45, 2.75) is 50.8 Å². The van der Waals surface area contributed by atoms with Gasteiger partial charge < -0.3 is 9.64 Å². The van der Waals surface area contributed by atoms with Crippen molar-refractivity contribution in [3.63, 3.8) is 0 Å². The van der Waals surface area contributed by atoms with E-state index >= 15 is 0 Å². The van der Waals surface area contributed by atoms with Crippen LogP contribution in [-0.2, 0) is 9.53 Å². The summed E-state index contributed by atoms with van der Waals surface area (Å²) < 4.78 is 33.5. The van der Waals surface area contributed by atoms with Crippen LogP contribution in [-0.4, -0.2) is 53.6 Å². The maximum absolute atomic E-state index is 14.2. The lowest BCUT2D eigenvalue weighted by atomic mass is 9.89. The average molecular weight is 366 g/mol. The fraction of sp³-hybridized carbons (Fsp3) is 0.579. The Morgan fingerprint density at radius 2 is 1.96 bits per heavy atom. The van der Waals surface area contributed by atoms with Gasteiger partial charge in [0.25, 0.3) is 5.91 Å². The van der Waals surface area contributed by atoms with Crippen molar-refractivity contribution in [2.24, 2.45) is 0 Å². The van der Waals surface area contributed by atoms with Crippen molar-refractivity contribution in [1.82, 2.24) is 9.80 Å². The standard InChI is InChI=1S/C19H24F2N2O3/c1-3-22(2)18(25)16-12-26-19(9-5-4-6-10-19)23(16)17(24)14-8-7-13(20)11-15(14)21/h7-8,11,16H,3-6,9-10,12H2,1-2H3. The molecule has 0 aromatic heterocycles. The number of hydrogen-bond acceptors (Lipinski definition) is 3. The lowest BCUT2D eigenvalue weighted by molar-refractivity contribution is -0.135. The van der Waals surface area contributed by atoms with E-state index in [4.69, 9.17) is 4.74 Å². The lowest BCUT2D eigenvalue weighted by Crippen LogP contribution is -2.56. The second-order valence-corrected chi connectivity index (χ2v) is 6.99. The molecule has 2 aliphatic rings. The quantitative estimate of drug-likeness (QED) is 0.826. The summed E-state index contributed by atoms with van der Waals surface area (Å²) in [6, 6.07) is 2.07. The van der Waals surface area contributed by atoms with Gasteiger partial charge in [-0.3, -0.25) is 14.5 Å². The van der Waals surface area contributed by atoms with Crippen LogP contribution in [0.3, 0.4) is 0 Å². The van der Waals surface area contributed by atoms with Crippen LogP contribution in [0.4, 0.5) is 8.78 Å². The van der Waals surface area contributed by atoms with Crippen molar-refractivity contribution < 1.29 is 23.1 Å². The van der Waals surface area contributed by atoms with Crippen LogP contribution >= 0.6 is 0 Å². The van der Waals surface area contributed by atoms with Gasteiger partial charge in [-0.05, 0) is 44.7 Å². The molecule has 1 atom stereocenters. The maximum Gasteiger partial charge on any atom is 0.259 e. The minimum absolute atomic E-state index is 0.0950. The first kappa shape index (κ1) is 18.8. The molecule has 7 heteroatoms. The Hall–Kier alpha value is -2.02. The minimum Gasteiger partial charge on any atom is -0.353 e.